The third-order valence-corrected chi connectivity index (χ3v) is 3.77. The first-order chi connectivity index (χ1) is 9.08. The topological polar surface area (TPSA) is 68.0 Å². The first kappa shape index (κ1) is 13.6. The molecule has 2 aromatic rings. The lowest BCUT2D eigenvalue weighted by Crippen LogP contribution is -2.26. The summed E-state index contributed by atoms with van der Waals surface area (Å²) in [5.41, 5.74) is 6.77. The number of carbonyl (C=O) groups excluding carboxylic acids is 1. The highest BCUT2D eigenvalue weighted by molar-refractivity contribution is 7.80. The van der Waals surface area contributed by atoms with E-state index in [1.165, 1.54) is 11.3 Å². The van der Waals surface area contributed by atoms with Crippen LogP contribution in [0.1, 0.15) is 33.9 Å². The maximum absolute atomic E-state index is 12.1. The Hall–Kier alpha value is -1.79. The second-order valence-corrected chi connectivity index (χ2v) is 5.38. The first-order valence-electron chi connectivity index (χ1n) is 5.68. The van der Waals surface area contributed by atoms with Crippen LogP contribution in [0.25, 0.3) is 0 Å². The molecule has 0 saturated heterocycles. The molecule has 0 bridgehead atoms. The minimum atomic E-state index is -0.166. The molecule has 1 heterocycles. The first-order valence-corrected chi connectivity index (χ1v) is 6.97. The van der Waals surface area contributed by atoms with Gasteiger partial charge in [0.2, 0.25) is 0 Å². The molecule has 6 heteroatoms. The standard InChI is InChI=1S/C13H13N3OS2/c1-8(13-15-5-6-19-13)16-12(17)10-4-2-3-9(7-10)11(14)18/h2-8H,1H3,(H2,14,18)(H,16,17). The van der Waals surface area contributed by atoms with Gasteiger partial charge in [0.1, 0.15) is 10.00 Å². The average molecular weight is 291 g/mol. The molecule has 1 aromatic heterocycles. The predicted octanol–water partition coefficient (Wildman–Crippen LogP) is 2.27. The van der Waals surface area contributed by atoms with E-state index in [0.29, 0.717) is 11.1 Å². The minimum Gasteiger partial charge on any atom is -0.389 e. The zero-order chi connectivity index (χ0) is 13.8. The summed E-state index contributed by atoms with van der Waals surface area (Å²) in [4.78, 5) is 16.6. The Labute approximate surface area is 120 Å². The lowest BCUT2D eigenvalue weighted by atomic mass is 10.1. The number of nitrogens with zero attached hydrogens (tertiary/aromatic N) is 1. The van der Waals surface area contributed by atoms with Crippen molar-refractivity contribution in [1.82, 2.24) is 10.3 Å². The summed E-state index contributed by atoms with van der Waals surface area (Å²) in [5, 5.41) is 5.64. The van der Waals surface area contributed by atoms with Gasteiger partial charge in [-0.15, -0.1) is 11.3 Å². The van der Waals surface area contributed by atoms with Crippen LogP contribution in [0, 0.1) is 0 Å². The van der Waals surface area contributed by atoms with E-state index < -0.39 is 0 Å². The third kappa shape index (κ3) is 3.36. The number of carbonyl (C=O) groups is 1. The fraction of sp³-hybridized carbons (Fsp3) is 0.154. The second kappa shape index (κ2) is 5.90. The fourth-order valence-corrected chi connectivity index (χ4v) is 2.38. The Morgan fingerprint density at radius 1 is 1.47 bits per heavy atom. The molecule has 2 rings (SSSR count). The molecule has 4 nitrogen and oxygen atoms in total. The van der Waals surface area contributed by atoms with Crippen molar-refractivity contribution in [2.24, 2.45) is 5.73 Å². The molecule has 98 valence electrons. The molecule has 19 heavy (non-hydrogen) atoms. The fourth-order valence-electron chi connectivity index (χ4n) is 1.60. The van der Waals surface area contributed by atoms with Crippen LogP contribution >= 0.6 is 23.6 Å². The average Bonchev–Trinajstić information content (AvgIpc) is 2.92. The molecule has 0 spiro atoms. The molecule has 1 atom stereocenters. The number of hydrogen-bond acceptors (Lipinski definition) is 4. The number of benzene rings is 1. The maximum Gasteiger partial charge on any atom is 0.251 e. The minimum absolute atomic E-state index is 0.124. The molecule has 1 aromatic carbocycles. The van der Waals surface area contributed by atoms with Crippen LogP contribution in [0.15, 0.2) is 35.8 Å². The van der Waals surface area contributed by atoms with Crippen molar-refractivity contribution in [1.29, 1.82) is 0 Å². The van der Waals surface area contributed by atoms with E-state index in [0.717, 1.165) is 5.01 Å². The van der Waals surface area contributed by atoms with Gasteiger partial charge in [0, 0.05) is 22.7 Å². The van der Waals surface area contributed by atoms with E-state index in [2.05, 4.69) is 10.3 Å². The van der Waals surface area contributed by atoms with Crippen LogP contribution < -0.4 is 11.1 Å². The van der Waals surface area contributed by atoms with Crippen molar-refractivity contribution in [3.63, 3.8) is 0 Å². The summed E-state index contributed by atoms with van der Waals surface area (Å²) in [5.74, 6) is -0.166. The summed E-state index contributed by atoms with van der Waals surface area (Å²) >= 11 is 6.41. The zero-order valence-corrected chi connectivity index (χ0v) is 11.9. The van der Waals surface area contributed by atoms with Crippen molar-refractivity contribution in [2.75, 3.05) is 0 Å². The maximum atomic E-state index is 12.1. The van der Waals surface area contributed by atoms with Crippen molar-refractivity contribution >= 4 is 34.5 Å². The molecule has 0 saturated carbocycles. The Morgan fingerprint density at radius 3 is 2.84 bits per heavy atom. The number of rotatable bonds is 4. The van der Waals surface area contributed by atoms with Gasteiger partial charge in [-0.3, -0.25) is 4.79 Å². The van der Waals surface area contributed by atoms with Gasteiger partial charge in [0.25, 0.3) is 5.91 Å². The van der Waals surface area contributed by atoms with E-state index in [9.17, 15) is 4.79 Å². The Kier molecular flexibility index (Phi) is 4.24. The SMILES string of the molecule is CC(NC(=O)c1cccc(C(N)=S)c1)c1nccs1. The number of nitrogens with two attached hydrogens (primary N) is 1. The van der Waals surface area contributed by atoms with Gasteiger partial charge in [0.15, 0.2) is 0 Å². The smallest absolute Gasteiger partial charge is 0.251 e. The van der Waals surface area contributed by atoms with E-state index in [1.54, 1.807) is 30.5 Å². The van der Waals surface area contributed by atoms with Crippen LogP contribution in [0.5, 0.6) is 0 Å². The van der Waals surface area contributed by atoms with Crippen LogP contribution in [0.2, 0.25) is 0 Å². The third-order valence-electron chi connectivity index (χ3n) is 2.58. The van der Waals surface area contributed by atoms with E-state index in [-0.39, 0.29) is 16.9 Å². The van der Waals surface area contributed by atoms with Gasteiger partial charge in [-0.25, -0.2) is 4.98 Å². The molecule has 0 radical (unpaired) electrons. The van der Waals surface area contributed by atoms with Gasteiger partial charge >= 0.3 is 0 Å². The lowest BCUT2D eigenvalue weighted by Gasteiger charge is -2.11. The van der Waals surface area contributed by atoms with Gasteiger partial charge in [-0.05, 0) is 19.1 Å². The zero-order valence-electron chi connectivity index (χ0n) is 10.3. The summed E-state index contributed by atoms with van der Waals surface area (Å²) < 4.78 is 0. The Morgan fingerprint density at radius 2 is 2.21 bits per heavy atom. The lowest BCUT2D eigenvalue weighted by molar-refractivity contribution is 0.0940. The van der Waals surface area contributed by atoms with E-state index in [4.69, 9.17) is 18.0 Å². The largest absolute Gasteiger partial charge is 0.389 e. The van der Waals surface area contributed by atoms with Crippen molar-refractivity contribution < 1.29 is 4.79 Å². The molecule has 0 aliphatic carbocycles. The van der Waals surface area contributed by atoms with Gasteiger partial charge in [0.05, 0.1) is 6.04 Å². The van der Waals surface area contributed by atoms with Crippen LogP contribution in [-0.2, 0) is 0 Å². The van der Waals surface area contributed by atoms with Crippen molar-refractivity contribution in [3.05, 3.63) is 52.0 Å². The highest BCUT2D eigenvalue weighted by Crippen LogP contribution is 2.15. The monoisotopic (exact) mass is 291 g/mol. The summed E-state index contributed by atoms with van der Waals surface area (Å²) in [6, 6.07) is 6.83. The van der Waals surface area contributed by atoms with Crippen LogP contribution in [0.4, 0.5) is 0 Å². The van der Waals surface area contributed by atoms with Crippen LogP contribution in [-0.4, -0.2) is 15.9 Å². The molecule has 0 aliphatic heterocycles. The number of thiazole rings is 1. The van der Waals surface area contributed by atoms with Crippen molar-refractivity contribution in [2.45, 2.75) is 13.0 Å². The summed E-state index contributed by atoms with van der Waals surface area (Å²) in [7, 11) is 0. The summed E-state index contributed by atoms with van der Waals surface area (Å²) in [6.45, 7) is 1.90. The molecular formula is C13H13N3OS2. The van der Waals surface area contributed by atoms with E-state index in [1.807, 2.05) is 12.3 Å². The number of thiocarbonyl (C=S) groups is 1. The van der Waals surface area contributed by atoms with E-state index >= 15 is 0 Å². The van der Waals surface area contributed by atoms with Crippen molar-refractivity contribution in [3.8, 4) is 0 Å². The molecule has 0 fully saturated rings. The summed E-state index contributed by atoms with van der Waals surface area (Å²) in [6.07, 6.45) is 1.72. The molecule has 3 N–H and O–H groups in total. The van der Waals surface area contributed by atoms with Gasteiger partial charge in [-0.2, -0.15) is 0 Å². The van der Waals surface area contributed by atoms with Gasteiger partial charge in [-0.1, -0.05) is 24.4 Å². The quantitative estimate of drug-likeness (QED) is 0.848. The van der Waals surface area contributed by atoms with Gasteiger partial charge < -0.3 is 11.1 Å². The Bertz CT molecular complexity index is 596. The molecule has 1 unspecified atom stereocenters. The van der Waals surface area contributed by atoms with Crippen LogP contribution in [0.3, 0.4) is 0 Å². The Balaban J connectivity index is 2.12. The molecule has 1 amide bonds. The highest BCUT2D eigenvalue weighted by Gasteiger charge is 2.13. The normalized spacial score (nSPS) is 11.8. The molecular weight excluding hydrogens is 278 g/mol. The highest BCUT2D eigenvalue weighted by atomic mass is 32.1. The molecule has 0 aliphatic rings. The second-order valence-electron chi connectivity index (χ2n) is 4.01. The predicted molar refractivity (Wildman–Crippen MR) is 80.3 cm³/mol. The number of aromatic nitrogens is 1. The number of nitrogens with one attached hydrogen (secondary N) is 1. The number of amides is 1. The number of hydrogen-bond donors (Lipinski definition) is 2.